The van der Waals surface area contributed by atoms with Crippen molar-refractivity contribution in [2.45, 2.75) is 0 Å². The first-order chi connectivity index (χ1) is 5.47. The normalized spacial score (nSPS) is 8.33. The number of aliphatic hydroxyl groups is 1. The third-order valence-electron chi connectivity index (χ3n) is 0.383. The first kappa shape index (κ1) is 18.0. The third kappa shape index (κ3) is 49.3. The van der Waals surface area contributed by atoms with Gasteiger partial charge in [-0.15, -0.1) is 0 Å². The summed E-state index contributed by atoms with van der Waals surface area (Å²) in [6.45, 7) is 0. The Morgan fingerprint density at radius 2 is 1.17 bits per heavy atom. The highest BCUT2D eigenvalue weighted by molar-refractivity contribution is 8.34. The molecule has 0 spiro atoms. The van der Waals surface area contributed by atoms with E-state index in [2.05, 4.69) is 22.9 Å². The highest BCUT2D eigenvalue weighted by Crippen LogP contribution is 2.12. The van der Waals surface area contributed by atoms with Gasteiger partial charge < -0.3 is 15.7 Å². The van der Waals surface area contributed by atoms with Crippen LogP contribution in [-0.2, 0) is 0 Å². The molecule has 0 rings (SSSR count). The fourth-order valence-electron chi connectivity index (χ4n) is 0. The van der Waals surface area contributed by atoms with Crippen LogP contribution in [0, 0.1) is 0 Å². The molecule has 0 aliphatic rings. The maximum atomic E-state index is 8.39. The second-order valence-corrected chi connectivity index (χ2v) is 5.08. The van der Waals surface area contributed by atoms with Gasteiger partial charge in [-0.05, 0) is 52.9 Å². The highest BCUT2D eigenvalue weighted by Gasteiger charge is 1.87. The maximum absolute atomic E-state index is 8.39. The molecule has 0 aromatic rings. The van der Waals surface area contributed by atoms with Crippen LogP contribution in [0.3, 0.4) is 0 Å². The lowest BCUT2D eigenvalue weighted by Gasteiger charge is -1.99. The molecule has 0 atom stereocenters. The summed E-state index contributed by atoms with van der Waals surface area (Å²) < 4.78 is 0.157. The van der Waals surface area contributed by atoms with Gasteiger partial charge in [-0.2, -0.15) is 10.9 Å². The fourth-order valence-corrected chi connectivity index (χ4v) is 0. The molecular weight excluding hydrogens is 192 g/mol. The molecule has 0 fully saturated rings. The molecule has 0 radical (unpaired) electrons. The molecule has 0 heterocycles. The minimum Gasteiger partial charge on any atom is -0.495 e. The number of hydrogen-bond acceptors (Lipinski definition) is 3. The molecule has 5 heteroatoms. The van der Waals surface area contributed by atoms with Crippen LogP contribution >= 0.6 is 23.1 Å². The van der Waals surface area contributed by atoms with Crippen molar-refractivity contribution in [3.8, 4) is 0 Å². The molecular formula is C7H22N2OS2. The summed E-state index contributed by atoms with van der Waals surface area (Å²) in [7, 11) is 7.13. The Kier molecular flexibility index (Phi) is 26.0. The van der Waals surface area contributed by atoms with Crippen molar-refractivity contribution in [2.75, 3.05) is 40.7 Å². The summed E-state index contributed by atoms with van der Waals surface area (Å²) in [5.74, 6) is 0. The Bertz CT molecular complexity index is 87.5. The van der Waals surface area contributed by atoms with E-state index in [0.29, 0.717) is 0 Å². The lowest BCUT2D eigenvalue weighted by molar-refractivity contribution is 0.585. The van der Waals surface area contributed by atoms with Gasteiger partial charge in [0.1, 0.15) is 0 Å². The van der Waals surface area contributed by atoms with Gasteiger partial charge in [-0.25, -0.2) is 0 Å². The Hall–Kier alpha value is 0.160. The van der Waals surface area contributed by atoms with Crippen LogP contribution in [0.15, 0.2) is 0 Å². The number of aliphatic hydroxyl groups excluding tert-OH is 1. The van der Waals surface area contributed by atoms with E-state index in [1.165, 1.54) is 0 Å². The van der Waals surface area contributed by atoms with E-state index >= 15 is 0 Å². The van der Waals surface area contributed by atoms with E-state index in [4.69, 9.17) is 5.11 Å². The first-order valence-corrected chi connectivity index (χ1v) is 6.19. The summed E-state index contributed by atoms with van der Waals surface area (Å²) in [5.41, 5.74) is 0. The van der Waals surface area contributed by atoms with Crippen molar-refractivity contribution >= 4 is 27.5 Å². The summed E-state index contributed by atoms with van der Waals surface area (Å²) >= 11 is 4.40. The molecule has 3 N–H and O–H groups in total. The van der Waals surface area contributed by atoms with Gasteiger partial charge in [0.15, 0.2) is 4.38 Å². The van der Waals surface area contributed by atoms with Crippen LogP contribution in [0.5, 0.6) is 0 Å². The molecule has 0 aliphatic carbocycles. The minimum atomic E-state index is -0.372. The fraction of sp³-hybridized carbons (Fsp3) is 0.857. The standard InChI is InChI=1S/C3H8OS2.2C2H7N/c1-6(2)3(4)5;2*1-3-2/h6H,1-2H3,(H,4,5);2*3H,1-2H3. The van der Waals surface area contributed by atoms with Gasteiger partial charge in [0.05, 0.1) is 0 Å². The first-order valence-electron chi connectivity index (χ1n) is 3.55. The van der Waals surface area contributed by atoms with Crippen LogP contribution in [0.4, 0.5) is 0 Å². The lowest BCUT2D eigenvalue weighted by atomic mass is 11.3. The smallest absolute Gasteiger partial charge is 0.196 e. The molecule has 0 aliphatic heterocycles. The SMILES string of the molecule is CNC.CNC.C[SH](C)C(O)=S. The Morgan fingerprint density at radius 3 is 1.17 bits per heavy atom. The number of thiocarbonyl (C=S) groups is 1. The third-order valence-corrected chi connectivity index (χ3v) is 2.24. The molecule has 0 bridgehead atoms. The van der Waals surface area contributed by atoms with Gasteiger partial charge in [-0.3, -0.25) is 0 Å². The molecule has 0 aromatic carbocycles. The van der Waals surface area contributed by atoms with Crippen LogP contribution in [-0.4, -0.2) is 50.2 Å². The molecule has 78 valence electrons. The molecule has 0 amide bonds. The average molecular weight is 214 g/mol. The monoisotopic (exact) mass is 214 g/mol. The summed E-state index contributed by atoms with van der Waals surface area (Å²) in [4.78, 5) is 0. The zero-order valence-corrected chi connectivity index (χ0v) is 10.5. The van der Waals surface area contributed by atoms with Crippen LogP contribution in [0.2, 0.25) is 0 Å². The summed E-state index contributed by atoms with van der Waals surface area (Å²) in [5, 5.41) is 13.9. The van der Waals surface area contributed by atoms with Crippen molar-refractivity contribution in [3.05, 3.63) is 0 Å². The molecule has 0 saturated carbocycles. The van der Waals surface area contributed by atoms with Gasteiger partial charge in [-0.1, -0.05) is 0 Å². The van der Waals surface area contributed by atoms with E-state index in [1.807, 2.05) is 40.7 Å². The van der Waals surface area contributed by atoms with Gasteiger partial charge >= 0.3 is 0 Å². The van der Waals surface area contributed by atoms with Crippen molar-refractivity contribution in [1.82, 2.24) is 10.6 Å². The predicted molar refractivity (Wildman–Crippen MR) is 66.0 cm³/mol. The zero-order valence-electron chi connectivity index (χ0n) is 8.80. The molecule has 0 aromatic heterocycles. The topological polar surface area (TPSA) is 44.3 Å². The van der Waals surface area contributed by atoms with Crippen molar-refractivity contribution in [2.24, 2.45) is 0 Å². The van der Waals surface area contributed by atoms with Crippen molar-refractivity contribution < 1.29 is 5.11 Å². The Labute approximate surface area is 84.3 Å². The zero-order chi connectivity index (χ0) is 10.6. The van der Waals surface area contributed by atoms with Crippen LogP contribution in [0.1, 0.15) is 0 Å². The predicted octanol–water partition coefficient (Wildman–Crippen LogP) is 0.761. The number of rotatable bonds is 0. The van der Waals surface area contributed by atoms with E-state index < -0.39 is 0 Å². The van der Waals surface area contributed by atoms with Crippen LogP contribution in [0.25, 0.3) is 0 Å². The van der Waals surface area contributed by atoms with E-state index in [-0.39, 0.29) is 15.3 Å². The Balaban J connectivity index is -0.000000115. The van der Waals surface area contributed by atoms with E-state index in [0.717, 1.165) is 0 Å². The summed E-state index contributed by atoms with van der Waals surface area (Å²) in [6.07, 6.45) is 3.83. The number of thiol groups is 1. The van der Waals surface area contributed by atoms with Gasteiger partial charge in [0, 0.05) is 0 Å². The average Bonchev–Trinajstić information content (AvgIpc) is 1.90. The molecule has 3 nitrogen and oxygen atoms in total. The second kappa shape index (κ2) is 17.3. The Morgan fingerprint density at radius 1 is 1.08 bits per heavy atom. The largest absolute Gasteiger partial charge is 0.495 e. The quantitative estimate of drug-likeness (QED) is 0.355. The summed E-state index contributed by atoms with van der Waals surface area (Å²) in [6, 6.07) is 0. The second-order valence-electron chi connectivity index (χ2n) is 2.18. The number of hydrogen-bond donors (Lipinski definition) is 4. The van der Waals surface area contributed by atoms with E-state index in [9.17, 15) is 0 Å². The van der Waals surface area contributed by atoms with Crippen molar-refractivity contribution in [1.29, 1.82) is 0 Å². The van der Waals surface area contributed by atoms with Gasteiger partial charge in [0.25, 0.3) is 0 Å². The van der Waals surface area contributed by atoms with E-state index in [1.54, 1.807) is 0 Å². The maximum Gasteiger partial charge on any atom is 0.196 e. The van der Waals surface area contributed by atoms with Crippen molar-refractivity contribution in [3.63, 3.8) is 0 Å². The highest BCUT2D eigenvalue weighted by atomic mass is 32.2. The number of nitrogens with one attached hydrogen (secondary N) is 2. The molecule has 12 heavy (non-hydrogen) atoms. The lowest BCUT2D eigenvalue weighted by Crippen LogP contribution is -1.89. The van der Waals surface area contributed by atoms with Crippen LogP contribution < -0.4 is 10.6 Å². The minimum absolute atomic E-state index is 0.157. The molecule has 0 saturated heterocycles. The molecule has 0 unspecified atom stereocenters. The van der Waals surface area contributed by atoms with Gasteiger partial charge in [0.2, 0.25) is 0 Å².